The van der Waals surface area contributed by atoms with Gasteiger partial charge in [0, 0.05) is 0 Å². The van der Waals surface area contributed by atoms with Crippen LogP contribution in [0.1, 0.15) is 55.3 Å². The maximum absolute atomic E-state index is 12.4. The van der Waals surface area contributed by atoms with Crippen molar-refractivity contribution in [3.63, 3.8) is 0 Å². The SMILES string of the molecule is CC(C)C(NC(=O)OC(C)(C)C)C(=O)ON1C(=O)c2ccccc2C1=O. The van der Waals surface area contributed by atoms with Crippen LogP contribution in [-0.2, 0) is 14.4 Å². The van der Waals surface area contributed by atoms with Gasteiger partial charge in [0.2, 0.25) is 0 Å². The number of alkyl carbamates (subject to hydrolysis) is 1. The molecule has 2 rings (SSSR count). The number of rotatable bonds is 4. The Labute approximate surface area is 151 Å². The first-order valence-corrected chi connectivity index (χ1v) is 8.20. The molecular weight excluding hydrogens is 340 g/mol. The van der Waals surface area contributed by atoms with Crippen LogP contribution in [0.2, 0.25) is 0 Å². The number of amides is 3. The number of fused-ring (bicyclic) bond motifs is 1. The van der Waals surface area contributed by atoms with Gasteiger partial charge in [-0.05, 0) is 38.8 Å². The number of benzene rings is 1. The largest absolute Gasteiger partial charge is 0.444 e. The van der Waals surface area contributed by atoms with Gasteiger partial charge in [-0.2, -0.15) is 0 Å². The van der Waals surface area contributed by atoms with E-state index in [0.29, 0.717) is 5.06 Å². The maximum atomic E-state index is 12.4. The van der Waals surface area contributed by atoms with E-state index in [0.717, 1.165) is 0 Å². The quantitative estimate of drug-likeness (QED) is 0.825. The maximum Gasteiger partial charge on any atom is 0.408 e. The fourth-order valence-electron chi connectivity index (χ4n) is 2.33. The zero-order valence-electron chi connectivity index (χ0n) is 15.4. The Hall–Kier alpha value is -2.90. The molecule has 0 saturated heterocycles. The summed E-state index contributed by atoms with van der Waals surface area (Å²) in [5.41, 5.74) is -0.420. The van der Waals surface area contributed by atoms with Gasteiger partial charge in [0.1, 0.15) is 11.6 Å². The molecule has 8 nitrogen and oxygen atoms in total. The van der Waals surface area contributed by atoms with Crippen molar-refractivity contribution in [1.82, 2.24) is 10.4 Å². The van der Waals surface area contributed by atoms with Crippen molar-refractivity contribution in [2.45, 2.75) is 46.3 Å². The van der Waals surface area contributed by atoms with Crippen molar-refractivity contribution >= 4 is 23.9 Å². The number of hydrogen-bond acceptors (Lipinski definition) is 6. The molecule has 1 aromatic carbocycles. The standard InChI is InChI=1S/C18H22N2O6/c1-10(2)13(19-17(24)25-18(3,4)5)16(23)26-20-14(21)11-8-6-7-9-12(11)15(20)22/h6-10,13H,1-5H3,(H,19,24). The van der Waals surface area contributed by atoms with E-state index >= 15 is 0 Å². The summed E-state index contributed by atoms with van der Waals surface area (Å²) in [6.45, 7) is 8.44. The molecule has 3 amide bonds. The summed E-state index contributed by atoms with van der Waals surface area (Å²) in [4.78, 5) is 53.9. The Morgan fingerprint density at radius 3 is 1.96 bits per heavy atom. The van der Waals surface area contributed by atoms with E-state index in [1.807, 2.05) is 0 Å². The van der Waals surface area contributed by atoms with Crippen LogP contribution in [0, 0.1) is 5.92 Å². The van der Waals surface area contributed by atoms with Gasteiger partial charge in [0.15, 0.2) is 0 Å². The third kappa shape index (κ3) is 4.19. The Kier molecular flexibility index (Phi) is 5.34. The van der Waals surface area contributed by atoms with Crippen molar-refractivity contribution in [1.29, 1.82) is 0 Å². The van der Waals surface area contributed by atoms with E-state index in [9.17, 15) is 19.2 Å². The third-order valence-corrected chi connectivity index (χ3v) is 3.53. The molecule has 0 saturated carbocycles. The molecule has 1 atom stereocenters. The number of nitrogens with zero attached hydrogens (tertiary/aromatic N) is 1. The summed E-state index contributed by atoms with van der Waals surface area (Å²) in [7, 11) is 0. The monoisotopic (exact) mass is 362 g/mol. The van der Waals surface area contributed by atoms with Gasteiger partial charge < -0.3 is 14.9 Å². The minimum absolute atomic E-state index is 0.159. The second-order valence-electron chi connectivity index (χ2n) is 7.23. The summed E-state index contributed by atoms with van der Waals surface area (Å²) >= 11 is 0. The Morgan fingerprint density at radius 1 is 1.04 bits per heavy atom. The number of carbonyl (C=O) groups is 4. The Balaban J connectivity index is 2.10. The van der Waals surface area contributed by atoms with Crippen molar-refractivity contribution in [2.24, 2.45) is 5.92 Å². The molecule has 0 aromatic heterocycles. The topological polar surface area (TPSA) is 102 Å². The van der Waals surface area contributed by atoms with Gasteiger partial charge >= 0.3 is 12.1 Å². The van der Waals surface area contributed by atoms with E-state index in [2.05, 4.69) is 5.32 Å². The van der Waals surface area contributed by atoms with E-state index in [1.165, 1.54) is 12.1 Å². The highest BCUT2D eigenvalue weighted by Crippen LogP contribution is 2.23. The first-order valence-electron chi connectivity index (χ1n) is 8.20. The van der Waals surface area contributed by atoms with Crippen LogP contribution in [0.4, 0.5) is 4.79 Å². The van der Waals surface area contributed by atoms with Crippen LogP contribution in [0.3, 0.4) is 0 Å². The van der Waals surface area contributed by atoms with E-state index in [-0.39, 0.29) is 17.0 Å². The molecule has 1 aliphatic heterocycles. The Bertz CT molecular complexity index is 715. The minimum atomic E-state index is -1.09. The third-order valence-electron chi connectivity index (χ3n) is 3.53. The average molecular weight is 362 g/mol. The molecule has 0 radical (unpaired) electrons. The predicted octanol–water partition coefficient (Wildman–Crippen LogP) is 2.29. The second-order valence-corrected chi connectivity index (χ2v) is 7.23. The zero-order valence-corrected chi connectivity index (χ0v) is 15.4. The fourth-order valence-corrected chi connectivity index (χ4v) is 2.33. The average Bonchev–Trinajstić information content (AvgIpc) is 2.76. The van der Waals surface area contributed by atoms with E-state index in [4.69, 9.17) is 9.57 Å². The molecule has 1 aromatic rings. The van der Waals surface area contributed by atoms with Gasteiger partial charge in [-0.25, -0.2) is 9.59 Å². The first kappa shape index (κ1) is 19.4. The number of hydroxylamine groups is 2. The summed E-state index contributed by atoms with van der Waals surface area (Å²) in [5.74, 6) is -2.73. The molecule has 0 fully saturated rings. The van der Waals surface area contributed by atoms with Gasteiger partial charge in [0.25, 0.3) is 11.8 Å². The highest BCUT2D eigenvalue weighted by atomic mass is 16.7. The van der Waals surface area contributed by atoms with Crippen LogP contribution in [0.15, 0.2) is 24.3 Å². The fraction of sp³-hybridized carbons (Fsp3) is 0.444. The van der Waals surface area contributed by atoms with Gasteiger partial charge in [-0.1, -0.05) is 31.0 Å². The lowest BCUT2D eigenvalue weighted by atomic mass is 10.1. The van der Waals surface area contributed by atoms with E-state index in [1.54, 1.807) is 46.8 Å². The molecule has 0 spiro atoms. The van der Waals surface area contributed by atoms with Crippen molar-refractivity contribution in [3.05, 3.63) is 35.4 Å². The van der Waals surface area contributed by atoms with Crippen LogP contribution in [0.5, 0.6) is 0 Å². The van der Waals surface area contributed by atoms with Gasteiger partial charge in [-0.3, -0.25) is 9.59 Å². The van der Waals surface area contributed by atoms with Crippen molar-refractivity contribution < 1.29 is 28.8 Å². The second kappa shape index (κ2) is 7.15. The molecule has 140 valence electrons. The molecule has 8 heteroatoms. The number of hydrogen-bond donors (Lipinski definition) is 1. The van der Waals surface area contributed by atoms with Crippen LogP contribution in [-0.4, -0.2) is 40.6 Å². The normalized spacial score (nSPS) is 14.9. The van der Waals surface area contributed by atoms with Gasteiger partial charge in [0.05, 0.1) is 11.1 Å². The summed E-state index contributed by atoms with van der Waals surface area (Å²) < 4.78 is 5.13. The lowest BCUT2D eigenvalue weighted by Crippen LogP contribution is -2.49. The summed E-state index contributed by atoms with van der Waals surface area (Å²) in [6.07, 6.45) is -0.796. The molecule has 0 bridgehead atoms. The smallest absolute Gasteiger partial charge is 0.408 e. The zero-order chi connectivity index (χ0) is 19.6. The number of nitrogens with one attached hydrogen (secondary N) is 1. The molecule has 1 N–H and O–H groups in total. The highest BCUT2D eigenvalue weighted by Gasteiger charge is 2.40. The lowest BCUT2D eigenvalue weighted by Gasteiger charge is -2.25. The Morgan fingerprint density at radius 2 is 1.54 bits per heavy atom. The molecule has 1 heterocycles. The predicted molar refractivity (Wildman–Crippen MR) is 91.0 cm³/mol. The lowest BCUT2D eigenvalue weighted by molar-refractivity contribution is -0.172. The van der Waals surface area contributed by atoms with E-state index < -0.39 is 35.5 Å². The van der Waals surface area contributed by atoms with Crippen LogP contribution in [0.25, 0.3) is 0 Å². The molecule has 1 unspecified atom stereocenters. The number of imide groups is 1. The molecule has 26 heavy (non-hydrogen) atoms. The van der Waals surface area contributed by atoms with Crippen LogP contribution >= 0.6 is 0 Å². The molecule has 0 aliphatic carbocycles. The summed E-state index contributed by atoms with van der Waals surface area (Å²) in [6, 6.07) is 5.08. The highest BCUT2D eigenvalue weighted by molar-refractivity contribution is 6.20. The minimum Gasteiger partial charge on any atom is -0.444 e. The summed E-state index contributed by atoms with van der Waals surface area (Å²) in [5, 5.41) is 2.83. The van der Waals surface area contributed by atoms with Crippen molar-refractivity contribution in [2.75, 3.05) is 0 Å². The van der Waals surface area contributed by atoms with Gasteiger partial charge in [-0.15, -0.1) is 0 Å². The first-order chi connectivity index (χ1) is 12.0. The van der Waals surface area contributed by atoms with Crippen LogP contribution < -0.4 is 5.32 Å². The van der Waals surface area contributed by atoms with Crippen molar-refractivity contribution in [3.8, 4) is 0 Å². The number of carbonyl (C=O) groups excluding carboxylic acids is 4. The number of ether oxygens (including phenoxy) is 1. The molecular formula is C18H22N2O6. The molecule has 1 aliphatic rings.